The first-order chi connectivity index (χ1) is 13.9. The lowest BCUT2D eigenvalue weighted by atomic mass is 9.98. The second-order valence-electron chi connectivity index (χ2n) is 6.55. The number of ketones is 1. The van der Waals surface area contributed by atoms with Crippen molar-refractivity contribution >= 4 is 34.7 Å². The van der Waals surface area contributed by atoms with Gasteiger partial charge in [0.2, 0.25) is 0 Å². The number of carbonyl (C=O) groups is 1. The summed E-state index contributed by atoms with van der Waals surface area (Å²) in [6.07, 6.45) is 0.445. The molecule has 0 bridgehead atoms. The molecule has 0 radical (unpaired) electrons. The molecule has 0 aromatic heterocycles. The van der Waals surface area contributed by atoms with Gasteiger partial charge in [0.1, 0.15) is 18.1 Å². The Bertz CT molecular complexity index is 1100. The highest BCUT2D eigenvalue weighted by Crippen LogP contribution is 2.35. The first-order valence-electron chi connectivity index (χ1n) is 8.77. The molecule has 0 unspecified atom stereocenters. The summed E-state index contributed by atoms with van der Waals surface area (Å²) < 4.78 is 5.37. The lowest BCUT2D eigenvalue weighted by molar-refractivity contribution is -0.118. The standard InChI is InChI=1S/C23H17Cl2NO3/c1-14(27)13-29-18-11-21(24)20(22(25)12-18)9-15-6-7-23(28)19(8-15)16-4-3-5-17(10-16)26-2/h3-8,10-12,28H,9,13H2,1H3. The molecule has 0 saturated heterocycles. The second kappa shape index (κ2) is 9.00. The van der Waals surface area contributed by atoms with Gasteiger partial charge in [-0.25, -0.2) is 4.85 Å². The predicted molar refractivity (Wildman–Crippen MR) is 115 cm³/mol. The number of halogens is 2. The molecule has 0 spiro atoms. The number of benzene rings is 3. The number of rotatable bonds is 6. The Balaban J connectivity index is 1.91. The minimum atomic E-state index is -0.0970. The number of hydrogen-bond donors (Lipinski definition) is 1. The third-order valence-electron chi connectivity index (χ3n) is 4.28. The Hall–Kier alpha value is -3.00. The maximum absolute atomic E-state index is 11.1. The van der Waals surface area contributed by atoms with Gasteiger partial charge in [-0.05, 0) is 53.9 Å². The fraction of sp³-hybridized carbons (Fsp3) is 0.130. The van der Waals surface area contributed by atoms with E-state index in [-0.39, 0.29) is 18.1 Å². The average molecular weight is 426 g/mol. The Morgan fingerprint density at radius 2 is 1.83 bits per heavy atom. The number of hydrogen-bond acceptors (Lipinski definition) is 3. The monoisotopic (exact) mass is 425 g/mol. The zero-order chi connectivity index (χ0) is 21.0. The predicted octanol–water partition coefficient (Wildman–Crippen LogP) is 6.48. The van der Waals surface area contributed by atoms with E-state index in [9.17, 15) is 9.90 Å². The zero-order valence-corrected chi connectivity index (χ0v) is 17.1. The summed E-state index contributed by atoms with van der Waals surface area (Å²) in [6.45, 7) is 8.56. The van der Waals surface area contributed by atoms with Crippen LogP contribution < -0.4 is 4.74 Å². The third-order valence-corrected chi connectivity index (χ3v) is 4.96. The van der Waals surface area contributed by atoms with Crippen LogP contribution in [0.1, 0.15) is 18.1 Å². The van der Waals surface area contributed by atoms with Crippen molar-refractivity contribution in [3.8, 4) is 22.6 Å². The van der Waals surface area contributed by atoms with Crippen LogP contribution in [0.25, 0.3) is 16.0 Å². The Morgan fingerprint density at radius 1 is 1.10 bits per heavy atom. The summed E-state index contributed by atoms with van der Waals surface area (Å²) >= 11 is 12.8. The van der Waals surface area contributed by atoms with E-state index in [1.807, 2.05) is 12.1 Å². The molecule has 0 amide bonds. The molecule has 1 N–H and O–H groups in total. The fourth-order valence-corrected chi connectivity index (χ4v) is 3.49. The summed E-state index contributed by atoms with van der Waals surface area (Å²) in [5, 5.41) is 11.2. The first-order valence-corrected chi connectivity index (χ1v) is 9.53. The highest BCUT2D eigenvalue weighted by Gasteiger charge is 2.13. The largest absolute Gasteiger partial charge is 0.507 e. The van der Waals surface area contributed by atoms with Crippen molar-refractivity contribution in [3.63, 3.8) is 0 Å². The quantitative estimate of drug-likeness (QED) is 0.460. The molecule has 0 saturated carbocycles. The molecule has 146 valence electrons. The van der Waals surface area contributed by atoms with E-state index in [2.05, 4.69) is 4.85 Å². The molecular weight excluding hydrogens is 409 g/mol. The molecule has 4 nitrogen and oxygen atoms in total. The van der Waals surface area contributed by atoms with Crippen LogP contribution in [0, 0.1) is 6.57 Å². The number of phenolic OH excluding ortho intramolecular Hbond substituents is 1. The topological polar surface area (TPSA) is 50.9 Å². The van der Waals surface area contributed by atoms with Gasteiger partial charge < -0.3 is 9.84 Å². The Kier molecular flexibility index (Phi) is 6.43. The Labute approximate surface area is 179 Å². The second-order valence-corrected chi connectivity index (χ2v) is 7.36. The number of carbonyl (C=O) groups excluding carboxylic acids is 1. The molecule has 0 atom stereocenters. The summed E-state index contributed by atoms with van der Waals surface area (Å²) in [4.78, 5) is 14.5. The first kappa shape index (κ1) is 20.7. The third kappa shape index (κ3) is 5.08. The van der Waals surface area contributed by atoms with E-state index in [1.54, 1.807) is 42.5 Å². The summed E-state index contributed by atoms with van der Waals surface area (Å²) in [7, 11) is 0. The van der Waals surface area contributed by atoms with Crippen molar-refractivity contribution in [1.29, 1.82) is 0 Å². The van der Waals surface area contributed by atoms with E-state index < -0.39 is 0 Å². The van der Waals surface area contributed by atoms with Crippen LogP contribution in [0.3, 0.4) is 0 Å². The summed E-state index contributed by atoms with van der Waals surface area (Å²) in [5.74, 6) is 0.461. The zero-order valence-electron chi connectivity index (χ0n) is 15.6. The molecule has 3 aromatic carbocycles. The van der Waals surface area contributed by atoms with E-state index >= 15 is 0 Å². The van der Waals surface area contributed by atoms with E-state index in [1.165, 1.54) is 6.92 Å². The highest BCUT2D eigenvalue weighted by atomic mass is 35.5. The number of aromatic hydroxyl groups is 1. The van der Waals surface area contributed by atoms with Gasteiger partial charge in [-0.3, -0.25) is 4.79 Å². The van der Waals surface area contributed by atoms with Gasteiger partial charge >= 0.3 is 0 Å². The van der Waals surface area contributed by atoms with E-state index in [0.717, 1.165) is 16.7 Å². The van der Waals surface area contributed by atoms with Crippen LogP contribution >= 0.6 is 23.2 Å². The molecule has 0 aliphatic carbocycles. The van der Waals surface area contributed by atoms with Crippen molar-refractivity contribution < 1.29 is 14.6 Å². The maximum atomic E-state index is 11.1. The highest BCUT2D eigenvalue weighted by molar-refractivity contribution is 6.36. The minimum Gasteiger partial charge on any atom is -0.507 e. The maximum Gasteiger partial charge on any atom is 0.187 e. The lowest BCUT2D eigenvalue weighted by Crippen LogP contribution is -2.06. The van der Waals surface area contributed by atoms with Crippen LogP contribution in [-0.2, 0) is 11.2 Å². The number of nitrogens with zero attached hydrogens (tertiary/aromatic N) is 1. The molecule has 0 heterocycles. The van der Waals surface area contributed by atoms with Gasteiger partial charge in [0, 0.05) is 22.0 Å². The Morgan fingerprint density at radius 3 is 2.48 bits per heavy atom. The number of phenols is 1. The van der Waals surface area contributed by atoms with Crippen molar-refractivity contribution in [2.45, 2.75) is 13.3 Å². The van der Waals surface area contributed by atoms with E-state index in [4.69, 9.17) is 34.5 Å². The van der Waals surface area contributed by atoms with Crippen molar-refractivity contribution in [1.82, 2.24) is 0 Å². The fourth-order valence-electron chi connectivity index (χ4n) is 2.89. The SMILES string of the molecule is [C-]#[N+]c1cccc(-c2cc(Cc3c(Cl)cc(OCC(C)=O)cc3Cl)ccc2O)c1. The van der Waals surface area contributed by atoms with Crippen LogP contribution in [0.2, 0.25) is 10.0 Å². The van der Waals surface area contributed by atoms with E-state index in [0.29, 0.717) is 33.5 Å². The van der Waals surface area contributed by atoms with Crippen molar-refractivity contribution in [2.24, 2.45) is 0 Å². The van der Waals surface area contributed by atoms with Gasteiger partial charge in [0.15, 0.2) is 11.5 Å². The summed E-state index contributed by atoms with van der Waals surface area (Å²) in [6, 6.07) is 15.6. The molecule has 0 aliphatic heterocycles. The van der Waals surface area contributed by atoms with Gasteiger partial charge in [-0.15, -0.1) is 0 Å². The molecule has 3 aromatic rings. The molecule has 0 aliphatic rings. The van der Waals surface area contributed by atoms with Gasteiger partial charge in [-0.1, -0.05) is 47.5 Å². The molecule has 29 heavy (non-hydrogen) atoms. The minimum absolute atomic E-state index is 0.0446. The number of Topliss-reactive ketones (excluding diaryl/α,β-unsaturated/α-hetero) is 1. The van der Waals surface area contributed by atoms with Crippen LogP contribution in [0.5, 0.6) is 11.5 Å². The normalized spacial score (nSPS) is 10.4. The van der Waals surface area contributed by atoms with Crippen LogP contribution in [0.15, 0.2) is 54.6 Å². The summed E-state index contributed by atoms with van der Waals surface area (Å²) in [5.41, 5.74) is 3.49. The molecule has 0 fully saturated rings. The smallest absolute Gasteiger partial charge is 0.187 e. The number of ether oxygens (including phenoxy) is 1. The van der Waals surface area contributed by atoms with Gasteiger partial charge in [0.25, 0.3) is 0 Å². The van der Waals surface area contributed by atoms with Gasteiger partial charge in [0.05, 0.1) is 6.57 Å². The molecule has 6 heteroatoms. The van der Waals surface area contributed by atoms with Gasteiger partial charge in [-0.2, -0.15) is 0 Å². The molecular formula is C23H17Cl2NO3. The van der Waals surface area contributed by atoms with Crippen LogP contribution in [-0.4, -0.2) is 17.5 Å². The lowest BCUT2D eigenvalue weighted by Gasteiger charge is -2.13. The average Bonchev–Trinajstić information content (AvgIpc) is 2.70. The van der Waals surface area contributed by atoms with Crippen molar-refractivity contribution in [2.75, 3.05) is 6.61 Å². The van der Waals surface area contributed by atoms with Crippen LogP contribution in [0.4, 0.5) is 5.69 Å². The van der Waals surface area contributed by atoms with Crippen molar-refractivity contribution in [3.05, 3.63) is 87.2 Å². The molecule has 3 rings (SSSR count).